The normalized spacial score (nSPS) is 18.2. The summed E-state index contributed by atoms with van der Waals surface area (Å²) in [5.41, 5.74) is -0.178. The second kappa shape index (κ2) is 5.22. The Morgan fingerprint density at radius 2 is 2.21 bits per heavy atom. The quantitative estimate of drug-likeness (QED) is 0.882. The lowest BCUT2D eigenvalue weighted by atomic mass is 10.2. The van der Waals surface area contributed by atoms with Crippen LogP contribution in [0.25, 0.3) is 0 Å². The molecule has 1 aliphatic heterocycles. The molecule has 1 amide bonds. The number of nitrogens with zero attached hydrogens (tertiary/aromatic N) is 2. The van der Waals surface area contributed by atoms with Crippen molar-refractivity contribution in [2.45, 2.75) is 19.4 Å². The maximum absolute atomic E-state index is 13.8. The minimum Gasteiger partial charge on any atom is -0.367 e. The van der Waals surface area contributed by atoms with E-state index < -0.39 is 11.6 Å². The number of benzene rings is 1. The van der Waals surface area contributed by atoms with E-state index in [9.17, 15) is 13.6 Å². The summed E-state index contributed by atoms with van der Waals surface area (Å²) >= 11 is 0. The number of hydrogen-bond acceptors (Lipinski definition) is 3. The van der Waals surface area contributed by atoms with Crippen LogP contribution in [0.15, 0.2) is 12.1 Å². The number of hydrogen-bond donors (Lipinski definition) is 1. The van der Waals surface area contributed by atoms with Crippen LogP contribution in [0.2, 0.25) is 0 Å². The molecule has 0 spiro atoms. The van der Waals surface area contributed by atoms with Gasteiger partial charge in [-0.2, -0.15) is 5.26 Å². The third-order valence-electron chi connectivity index (χ3n) is 3.12. The summed E-state index contributed by atoms with van der Waals surface area (Å²) in [6, 6.07) is 4.20. The fraction of sp³-hybridized carbons (Fsp3) is 0.385. The zero-order valence-corrected chi connectivity index (χ0v) is 10.4. The zero-order chi connectivity index (χ0) is 14.0. The monoisotopic (exact) mass is 265 g/mol. The molecule has 1 heterocycles. The molecular formula is C13H13F2N3O. The predicted molar refractivity (Wildman–Crippen MR) is 65.5 cm³/mol. The Hall–Kier alpha value is -2.16. The topological polar surface area (TPSA) is 56.1 Å². The number of nitrogens with one attached hydrogen (secondary N) is 1. The molecule has 0 saturated carbocycles. The van der Waals surface area contributed by atoms with Crippen molar-refractivity contribution in [3.05, 3.63) is 29.3 Å². The van der Waals surface area contributed by atoms with Crippen molar-refractivity contribution >= 4 is 11.6 Å². The minimum atomic E-state index is -1.12. The molecule has 0 bridgehead atoms. The van der Waals surface area contributed by atoms with Crippen molar-refractivity contribution in [1.82, 2.24) is 5.32 Å². The second-order valence-electron chi connectivity index (χ2n) is 4.50. The Bertz CT molecular complexity index is 554. The van der Waals surface area contributed by atoms with Gasteiger partial charge in [-0.1, -0.05) is 0 Å². The molecule has 1 aromatic rings. The standard InChI is InChI=1S/C13H13F2N3O/c1-8(19)17-10-4-5-18(7-10)11-3-2-9(6-16)12(14)13(11)15/h2-3,10H,4-5,7H2,1H3,(H,17,19). The SMILES string of the molecule is CC(=O)NC1CCN(c2ccc(C#N)c(F)c2F)C1. The first kappa shape index (κ1) is 13.3. The lowest BCUT2D eigenvalue weighted by Gasteiger charge is -2.19. The summed E-state index contributed by atoms with van der Waals surface area (Å²) < 4.78 is 27.4. The molecule has 19 heavy (non-hydrogen) atoms. The van der Waals surface area contributed by atoms with Gasteiger partial charge in [-0.3, -0.25) is 4.79 Å². The molecule has 1 saturated heterocycles. The lowest BCUT2D eigenvalue weighted by Crippen LogP contribution is -2.35. The fourth-order valence-corrected chi connectivity index (χ4v) is 2.25. The highest BCUT2D eigenvalue weighted by molar-refractivity contribution is 5.73. The van der Waals surface area contributed by atoms with Crippen LogP contribution in [0.4, 0.5) is 14.5 Å². The predicted octanol–water partition coefficient (Wildman–Crippen LogP) is 1.55. The fourth-order valence-electron chi connectivity index (χ4n) is 2.25. The van der Waals surface area contributed by atoms with Gasteiger partial charge in [0.1, 0.15) is 6.07 Å². The average Bonchev–Trinajstić information content (AvgIpc) is 2.80. The number of halogens is 2. The molecule has 0 aromatic heterocycles. The number of carbonyl (C=O) groups excluding carboxylic acids is 1. The molecular weight excluding hydrogens is 252 g/mol. The van der Waals surface area contributed by atoms with Crippen molar-refractivity contribution in [3.63, 3.8) is 0 Å². The molecule has 4 nitrogen and oxygen atoms in total. The van der Waals surface area contributed by atoms with Crippen LogP contribution in [0, 0.1) is 23.0 Å². The van der Waals surface area contributed by atoms with Crippen LogP contribution in [0.5, 0.6) is 0 Å². The van der Waals surface area contributed by atoms with Crippen LogP contribution in [-0.4, -0.2) is 25.0 Å². The minimum absolute atomic E-state index is 0.0596. The lowest BCUT2D eigenvalue weighted by molar-refractivity contribution is -0.119. The van der Waals surface area contributed by atoms with Gasteiger partial charge in [0.25, 0.3) is 0 Å². The van der Waals surface area contributed by atoms with Crippen LogP contribution in [-0.2, 0) is 4.79 Å². The third-order valence-corrected chi connectivity index (χ3v) is 3.12. The van der Waals surface area contributed by atoms with E-state index in [1.807, 2.05) is 0 Å². The van der Waals surface area contributed by atoms with Crippen molar-refractivity contribution in [2.75, 3.05) is 18.0 Å². The van der Waals surface area contributed by atoms with Crippen LogP contribution >= 0.6 is 0 Å². The van der Waals surface area contributed by atoms with E-state index in [0.29, 0.717) is 19.5 Å². The van der Waals surface area contributed by atoms with Gasteiger partial charge in [-0.25, -0.2) is 8.78 Å². The van der Waals surface area contributed by atoms with E-state index in [0.717, 1.165) is 0 Å². The van der Waals surface area contributed by atoms with Gasteiger partial charge in [-0.05, 0) is 18.6 Å². The Kier molecular flexibility index (Phi) is 3.65. The molecule has 1 fully saturated rings. The molecule has 2 rings (SSSR count). The number of anilines is 1. The Morgan fingerprint density at radius 1 is 1.47 bits per heavy atom. The molecule has 1 unspecified atom stereocenters. The average molecular weight is 265 g/mol. The van der Waals surface area contributed by atoms with Gasteiger partial charge in [0.2, 0.25) is 5.91 Å². The molecule has 1 aliphatic rings. The second-order valence-corrected chi connectivity index (χ2v) is 4.50. The van der Waals surface area contributed by atoms with E-state index in [-0.39, 0.29) is 23.2 Å². The molecule has 100 valence electrons. The van der Waals surface area contributed by atoms with Gasteiger partial charge >= 0.3 is 0 Å². The van der Waals surface area contributed by atoms with E-state index in [4.69, 9.17) is 5.26 Å². The maximum atomic E-state index is 13.8. The van der Waals surface area contributed by atoms with Crippen molar-refractivity contribution < 1.29 is 13.6 Å². The summed E-state index contributed by atoms with van der Waals surface area (Å²) in [6.45, 7) is 2.39. The molecule has 0 aliphatic carbocycles. The van der Waals surface area contributed by atoms with E-state index >= 15 is 0 Å². The van der Waals surface area contributed by atoms with Gasteiger partial charge < -0.3 is 10.2 Å². The number of rotatable bonds is 2. The number of carbonyl (C=O) groups is 1. The first-order valence-corrected chi connectivity index (χ1v) is 5.93. The molecule has 6 heteroatoms. The Balaban J connectivity index is 2.19. The molecule has 1 aromatic carbocycles. The summed E-state index contributed by atoms with van der Waals surface area (Å²) in [4.78, 5) is 12.6. The first-order valence-electron chi connectivity index (χ1n) is 5.93. The smallest absolute Gasteiger partial charge is 0.217 e. The first-order chi connectivity index (χ1) is 9.02. The van der Waals surface area contributed by atoms with Crippen LogP contribution < -0.4 is 10.2 Å². The Labute approximate surface area is 109 Å². The Morgan fingerprint density at radius 3 is 2.84 bits per heavy atom. The molecule has 1 atom stereocenters. The molecule has 1 N–H and O–H groups in total. The largest absolute Gasteiger partial charge is 0.367 e. The maximum Gasteiger partial charge on any atom is 0.217 e. The summed E-state index contributed by atoms with van der Waals surface area (Å²) in [5, 5.41) is 11.4. The van der Waals surface area contributed by atoms with Crippen molar-refractivity contribution in [2.24, 2.45) is 0 Å². The van der Waals surface area contributed by atoms with E-state index in [1.165, 1.54) is 19.1 Å². The van der Waals surface area contributed by atoms with Crippen LogP contribution in [0.1, 0.15) is 18.9 Å². The van der Waals surface area contributed by atoms with Gasteiger partial charge in [0.15, 0.2) is 11.6 Å². The van der Waals surface area contributed by atoms with Gasteiger partial charge in [0.05, 0.1) is 11.3 Å². The number of nitriles is 1. The number of amides is 1. The summed E-state index contributed by atoms with van der Waals surface area (Å²) in [7, 11) is 0. The van der Waals surface area contributed by atoms with Crippen molar-refractivity contribution in [3.8, 4) is 6.07 Å². The van der Waals surface area contributed by atoms with Crippen LogP contribution in [0.3, 0.4) is 0 Å². The third kappa shape index (κ3) is 2.65. The summed E-state index contributed by atoms with van der Waals surface area (Å²) in [6.07, 6.45) is 0.681. The molecule has 0 radical (unpaired) electrons. The van der Waals surface area contributed by atoms with Gasteiger partial charge in [0, 0.05) is 26.1 Å². The van der Waals surface area contributed by atoms with E-state index in [1.54, 1.807) is 11.0 Å². The highest BCUT2D eigenvalue weighted by Gasteiger charge is 2.26. The zero-order valence-electron chi connectivity index (χ0n) is 10.4. The van der Waals surface area contributed by atoms with Crippen molar-refractivity contribution in [1.29, 1.82) is 5.26 Å². The van der Waals surface area contributed by atoms with E-state index in [2.05, 4.69) is 5.32 Å². The highest BCUT2D eigenvalue weighted by Crippen LogP contribution is 2.27. The van der Waals surface area contributed by atoms with Gasteiger partial charge in [-0.15, -0.1) is 0 Å². The highest BCUT2D eigenvalue weighted by atomic mass is 19.2. The summed E-state index contributed by atoms with van der Waals surface area (Å²) in [5.74, 6) is -2.27.